The average molecular weight is 116 g/mol. The van der Waals surface area contributed by atoms with Crippen LogP contribution in [0.15, 0.2) is 12.7 Å². The molecule has 0 N–H and O–H groups in total. The van der Waals surface area contributed by atoms with Crippen molar-refractivity contribution >= 4 is 12.6 Å². The van der Waals surface area contributed by atoms with E-state index in [2.05, 4.69) is 26.1 Å². The van der Waals surface area contributed by atoms with Crippen LogP contribution in [0.2, 0.25) is 0 Å². The van der Waals surface area contributed by atoms with Crippen molar-refractivity contribution < 1.29 is 0 Å². The molecule has 0 nitrogen and oxygen atoms in total. The van der Waals surface area contributed by atoms with Crippen LogP contribution in [0.5, 0.6) is 0 Å². The second-order valence-corrected chi connectivity index (χ2v) is 2.32. The Balaban J connectivity index is 2.98. The zero-order chi connectivity index (χ0) is 5.70. The summed E-state index contributed by atoms with van der Waals surface area (Å²) in [6.45, 7) is 5.73. The minimum atomic E-state index is 0.525. The van der Waals surface area contributed by atoms with Gasteiger partial charge in [-0.15, -0.1) is 6.58 Å². The lowest BCUT2D eigenvalue weighted by Gasteiger charge is -1.99. The molecule has 0 bridgehead atoms. The van der Waals surface area contributed by atoms with Gasteiger partial charge in [0.05, 0.1) is 0 Å². The molecule has 0 heterocycles. The lowest BCUT2D eigenvalue weighted by molar-refractivity contribution is 0.843. The standard InChI is InChI=1S/C6H12S/c1-3-5-6(7)4-2/h3,6-7H,1,4-5H2,2H3/t6-/m0/s1. The monoisotopic (exact) mass is 116 g/mol. The molecule has 0 fully saturated rings. The van der Waals surface area contributed by atoms with Gasteiger partial charge in [-0.1, -0.05) is 13.0 Å². The third kappa shape index (κ3) is 3.93. The van der Waals surface area contributed by atoms with E-state index in [0.29, 0.717) is 5.25 Å². The Morgan fingerprint density at radius 1 is 1.86 bits per heavy atom. The van der Waals surface area contributed by atoms with Crippen LogP contribution in [0.1, 0.15) is 19.8 Å². The fraction of sp³-hybridized carbons (Fsp3) is 0.667. The fourth-order valence-corrected chi connectivity index (χ4v) is 0.508. The highest BCUT2D eigenvalue weighted by Gasteiger charge is 1.91. The molecule has 1 heteroatoms. The molecule has 0 rings (SSSR count). The van der Waals surface area contributed by atoms with Crippen LogP contribution in [0.3, 0.4) is 0 Å². The van der Waals surface area contributed by atoms with Gasteiger partial charge in [-0.25, -0.2) is 0 Å². The van der Waals surface area contributed by atoms with E-state index in [0.717, 1.165) is 12.8 Å². The van der Waals surface area contributed by atoms with E-state index in [1.54, 1.807) is 0 Å². The summed E-state index contributed by atoms with van der Waals surface area (Å²) in [5.41, 5.74) is 0. The molecule has 0 aromatic heterocycles. The minimum Gasteiger partial charge on any atom is -0.176 e. The zero-order valence-corrected chi connectivity index (χ0v) is 5.62. The Hall–Kier alpha value is 0.0900. The van der Waals surface area contributed by atoms with Gasteiger partial charge >= 0.3 is 0 Å². The number of rotatable bonds is 3. The third-order valence-corrected chi connectivity index (χ3v) is 1.49. The van der Waals surface area contributed by atoms with Crippen molar-refractivity contribution in [2.45, 2.75) is 25.0 Å². The molecule has 1 atom stereocenters. The van der Waals surface area contributed by atoms with Crippen molar-refractivity contribution in [1.82, 2.24) is 0 Å². The van der Waals surface area contributed by atoms with Crippen LogP contribution in [0, 0.1) is 0 Å². The van der Waals surface area contributed by atoms with Crippen molar-refractivity contribution in [3.05, 3.63) is 12.7 Å². The summed E-state index contributed by atoms with van der Waals surface area (Å²) in [5.74, 6) is 0. The molecule has 0 aliphatic carbocycles. The van der Waals surface area contributed by atoms with Gasteiger partial charge in [-0.05, 0) is 12.8 Å². The van der Waals surface area contributed by atoms with Crippen molar-refractivity contribution in [2.75, 3.05) is 0 Å². The summed E-state index contributed by atoms with van der Waals surface area (Å²) >= 11 is 4.24. The summed E-state index contributed by atoms with van der Waals surface area (Å²) < 4.78 is 0. The normalized spacial score (nSPS) is 13.4. The van der Waals surface area contributed by atoms with Crippen molar-refractivity contribution in [1.29, 1.82) is 0 Å². The fourth-order valence-electron chi connectivity index (χ4n) is 0.359. The summed E-state index contributed by atoms with van der Waals surface area (Å²) in [7, 11) is 0. The molecule has 0 saturated heterocycles. The second-order valence-electron chi connectivity index (χ2n) is 1.59. The van der Waals surface area contributed by atoms with Gasteiger partial charge in [0.1, 0.15) is 0 Å². The molecule has 0 saturated carbocycles. The van der Waals surface area contributed by atoms with Crippen molar-refractivity contribution in [3.63, 3.8) is 0 Å². The SMILES string of the molecule is C=CC[C@@H](S)CC. The first-order chi connectivity index (χ1) is 3.31. The van der Waals surface area contributed by atoms with Crippen LogP contribution < -0.4 is 0 Å². The Morgan fingerprint density at radius 3 is 2.57 bits per heavy atom. The molecular formula is C6H12S. The number of thiol groups is 1. The molecule has 0 radical (unpaired) electrons. The molecule has 0 aromatic carbocycles. The Bertz CT molecular complexity index is 50.1. The van der Waals surface area contributed by atoms with Gasteiger partial charge in [-0.2, -0.15) is 12.6 Å². The zero-order valence-electron chi connectivity index (χ0n) is 4.72. The molecule has 0 aliphatic rings. The van der Waals surface area contributed by atoms with Gasteiger partial charge in [0, 0.05) is 5.25 Å². The van der Waals surface area contributed by atoms with Crippen molar-refractivity contribution in [3.8, 4) is 0 Å². The van der Waals surface area contributed by atoms with E-state index in [9.17, 15) is 0 Å². The summed E-state index contributed by atoms with van der Waals surface area (Å²) in [4.78, 5) is 0. The molecule has 0 spiro atoms. The van der Waals surface area contributed by atoms with Gasteiger partial charge < -0.3 is 0 Å². The molecule has 42 valence electrons. The number of hydrogen-bond acceptors (Lipinski definition) is 1. The third-order valence-electron chi connectivity index (χ3n) is 0.910. The topological polar surface area (TPSA) is 0 Å². The lowest BCUT2D eigenvalue weighted by atomic mass is 10.2. The molecule has 0 unspecified atom stereocenters. The molecule has 0 aromatic rings. The van der Waals surface area contributed by atoms with Gasteiger partial charge in [0.2, 0.25) is 0 Å². The maximum absolute atomic E-state index is 4.24. The average Bonchev–Trinajstić information content (AvgIpc) is 1.68. The predicted octanol–water partition coefficient (Wildman–Crippen LogP) is 2.27. The number of hydrogen-bond donors (Lipinski definition) is 1. The first-order valence-corrected chi connectivity index (χ1v) is 3.11. The highest BCUT2D eigenvalue weighted by atomic mass is 32.1. The number of allylic oxidation sites excluding steroid dienone is 1. The van der Waals surface area contributed by atoms with E-state index in [1.807, 2.05) is 6.08 Å². The van der Waals surface area contributed by atoms with Crippen LogP contribution in [-0.4, -0.2) is 5.25 Å². The molecule has 0 aliphatic heterocycles. The summed E-state index contributed by atoms with van der Waals surface area (Å²) in [5, 5.41) is 0.525. The maximum atomic E-state index is 4.24. The molecule has 0 amide bonds. The largest absolute Gasteiger partial charge is 0.176 e. The highest BCUT2D eigenvalue weighted by molar-refractivity contribution is 7.80. The lowest BCUT2D eigenvalue weighted by Crippen LogP contribution is -1.90. The van der Waals surface area contributed by atoms with Crippen LogP contribution in [0.25, 0.3) is 0 Å². The summed E-state index contributed by atoms with van der Waals surface area (Å²) in [6, 6.07) is 0. The minimum absolute atomic E-state index is 0.525. The van der Waals surface area contributed by atoms with E-state index in [4.69, 9.17) is 0 Å². The van der Waals surface area contributed by atoms with Gasteiger partial charge in [-0.3, -0.25) is 0 Å². The quantitative estimate of drug-likeness (QED) is 0.424. The van der Waals surface area contributed by atoms with Crippen molar-refractivity contribution in [2.24, 2.45) is 0 Å². The van der Waals surface area contributed by atoms with E-state index >= 15 is 0 Å². The van der Waals surface area contributed by atoms with Crippen LogP contribution in [0.4, 0.5) is 0 Å². The molecular weight excluding hydrogens is 104 g/mol. The first kappa shape index (κ1) is 7.09. The summed E-state index contributed by atoms with van der Waals surface area (Å²) in [6.07, 6.45) is 4.07. The van der Waals surface area contributed by atoms with E-state index < -0.39 is 0 Å². The smallest absolute Gasteiger partial charge is 0.00485 e. The van der Waals surface area contributed by atoms with Crippen LogP contribution >= 0.6 is 12.6 Å². The van der Waals surface area contributed by atoms with E-state index in [-0.39, 0.29) is 0 Å². The van der Waals surface area contributed by atoms with E-state index in [1.165, 1.54) is 0 Å². The van der Waals surface area contributed by atoms with Gasteiger partial charge in [0.15, 0.2) is 0 Å². The first-order valence-electron chi connectivity index (χ1n) is 2.60. The van der Waals surface area contributed by atoms with Gasteiger partial charge in [0.25, 0.3) is 0 Å². The second kappa shape index (κ2) is 4.25. The maximum Gasteiger partial charge on any atom is 0.00485 e. The molecule has 7 heavy (non-hydrogen) atoms. The highest BCUT2D eigenvalue weighted by Crippen LogP contribution is 2.04. The van der Waals surface area contributed by atoms with Crippen LogP contribution in [-0.2, 0) is 0 Å². The Kier molecular flexibility index (Phi) is 4.31. The Morgan fingerprint density at radius 2 is 2.43 bits per heavy atom. The predicted molar refractivity (Wildman–Crippen MR) is 37.9 cm³/mol. The Labute approximate surface area is 51.0 Å².